The highest BCUT2D eigenvalue weighted by Gasteiger charge is 2.04. The fourth-order valence-electron chi connectivity index (χ4n) is 1.85. The maximum absolute atomic E-state index is 10.9. The quantitative estimate of drug-likeness (QED) is 0.789. The van der Waals surface area contributed by atoms with E-state index < -0.39 is 0 Å². The topological polar surface area (TPSA) is 51.2 Å². The van der Waals surface area contributed by atoms with E-state index in [4.69, 9.17) is 16.3 Å². The first-order valence-corrected chi connectivity index (χ1v) is 8.15. The van der Waals surface area contributed by atoms with Crippen LogP contribution >= 0.6 is 27.5 Å². The van der Waals surface area contributed by atoms with Gasteiger partial charge in [0.05, 0.1) is 5.02 Å². The van der Waals surface area contributed by atoms with Crippen LogP contribution in [0.1, 0.15) is 19.4 Å². The molecule has 0 aliphatic heterocycles. The molecule has 2 rings (SSSR count). The first kappa shape index (κ1) is 17.5. The molecule has 2 aromatic rings. The number of carbonyl (C=O) groups is 1. The Morgan fingerprint density at radius 3 is 2.78 bits per heavy atom. The van der Waals surface area contributed by atoms with Crippen LogP contribution in [0.5, 0.6) is 11.6 Å². The molecule has 0 fully saturated rings. The molecular weight excluding hydrogens is 380 g/mol. The number of rotatable bonds is 5. The molecule has 0 bridgehead atoms. The third kappa shape index (κ3) is 5.69. The van der Waals surface area contributed by atoms with E-state index in [-0.39, 0.29) is 11.9 Å². The molecule has 1 N–H and O–H groups in total. The van der Waals surface area contributed by atoms with Crippen molar-refractivity contribution in [3.8, 4) is 11.6 Å². The van der Waals surface area contributed by atoms with Crippen molar-refractivity contribution in [3.05, 3.63) is 57.7 Å². The van der Waals surface area contributed by atoms with E-state index in [0.717, 1.165) is 10.0 Å². The fraction of sp³-hybridized carbons (Fsp3) is 0.176. The number of pyridine rings is 1. The standard InChI is InChI=1S/C17H16BrClN2O2/c1-11(21-12(2)22)3-4-13-5-8-17(20-10-13)23-16-7-6-14(18)9-15(16)19/h3-11H,1-2H3,(H,21,22)/b4-3+/t11-/m0/s1. The summed E-state index contributed by atoms with van der Waals surface area (Å²) in [5, 5.41) is 3.29. The van der Waals surface area contributed by atoms with E-state index in [1.165, 1.54) is 6.92 Å². The van der Waals surface area contributed by atoms with Gasteiger partial charge in [0.1, 0.15) is 5.75 Å². The number of ether oxygens (including phenoxy) is 1. The number of nitrogens with one attached hydrogen (secondary N) is 1. The van der Waals surface area contributed by atoms with Crippen LogP contribution in [0.15, 0.2) is 47.1 Å². The molecule has 1 amide bonds. The zero-order chi connectivity index (χ0) is 16.8. The van der Waals surface area contributed by atoms with Crippen molar-refractivity contribution in [1.82, 2.24) is 10.3 Å². The van der Waals surface area contributed by atoms with Crippen LogP contribution < -0.4 is 10.1 Å². The molecule has 6 heteroatoms. The molecule has 1 aromatic carbocycles. The third-order valence-electron chi connectivity index (χ3n) is 2.88. The number of hydrogen-bond acceptors (Lipinski definition) is 3. The van der Waals surface area contributed by atoms with E-state index in [1.807, 2.05) is 31.2 Å². The van der Waals surface area contributed by atoms with Crippen LogP contribution in [0, 0.1) is 0 Å². The molecule has 120 valence electrons. The average Bonchev–Trinajstić information content (AvgIpc) is 2.49. The van der Waals surface area contributed by atoms with Gasteiger partial charge in [-0.2, -0.15) is 0 Å². The van der Waals surface area contributed by atoms with Crippen LogP contribution in [-0.4, -0.2) is 16.9 Å². The lowest BCUT2D eigenvalue weighted by Crippen LogP contribution is -2.28. The predicted octanol–water partition coefficient (Wildman–Crippen LogP) is 4.83. The molecule has 1 heterocycles. The number of amides is 1. The zero-order valence-corrected chi connectivity index (χ0v) is 15.1. The molecule has 0 aliphatic carbocycles. The van der Waals surface area contributed by atoms with Gasteiger partial charge in [0.25, 0.3) is 0 Å². The van der Waals surface area contributed by atoms with E-state index >= 15 is 0 Å². The molecule has 0 spiro atoms. The largest absolute Gasteiger partial charge is 0.437 e. The number of carbonyl (C=O) groups excluding carboxylic acids is 1. The van der Waals surface area contributed by atoms with E-state index in [9.17, 15) is 4.79 Å². The lowest BCUT2D eigenvalue weighted by molar-refractivity contribution is -0.119. The molecule has 4 nitrogen and oxygen atoms in total. The summed E-state index contributed by atoms with van der Waals surface area (Å²) in [5.41, 5.74) is 0.913. The van der Waals surface area contributed by atoms with Gasteiger partial charge < -0.3 is 10.1 Å². The maximum Gasteiger partial charge on any atom is 0.219 e. The highest BCUT2D eigenvalue weighted by molar-refractivity contribution is 9.10. The van der Waals surface area contributed by atoms with Gasteiger partial charge in [0.15, 0.2) is 0 Å². The van der Waals surface area contributed by atoms with E-state index in [1.54, 1.807) is 24.4 Å². The highest BCUT2D eigenvalue weighted by Crippen LogP contribution is 2.30. The predicted molar refractivity (Wildman–Crippen MR) is 95.8 cm³/mol. The Balaban J connectivity index is 2.02. The molecule has 1 atom stereocenters. The molecule has 23 heavy (non-hydrogen) atoms. The monoisotopic (exact) mass is 394 g/mol. The Labute approximate surface area is 148 Å². The minimum atomic E-state index is -0.0598. The van der Waals surface area contributed by atoms with Gasteiger partial charge in [0, 0.05) is 29.7 Å². The summed E-state index contributed by atoms with van der Waals surface area (Å²) in [5.74, 6) is 0.946. The van der Waals surface area contributed by atoms with Crippen molar-refractivity contribution in [2.24, 2.45) is 0 Å². The minimum Gasteiger partial charge on any atom is -0.437 e. The lowest BCUT2D eigenvalue weighted by Gasteiger charge is -2.08. The molecule has 0 saturated heterocycles. The Kier molecular flexibility index (Phi) is 6.19. The van der Waals surface area contributed by atoms with Crippen molar-refractivity contribution in [1.29, 1.82) is 0 Å². The summed E-state index contributed by atoms with van der Waals surface area (Å²) in [4.78, 5) is 15.2. The molecular formula is C17H16BrClN2O2. The van der Waals surface area contributed by atoms with E-state index in [2.05, 4.69) is 26.2 Å². The van der Waals surface area contributed by atoms with Gasteiger partial charge in [-0.15, -0.1) is 0 Å². The van der Waals surface area contributed by atoms with Crippen LogP contribution in [0.4, 0.5) is 0 Å². The first-order chi connectivity index (χ1) is 10.9. The van der Waals surface area contributed by atoms with Crippen LogP contribution in [-0.2, 0) is 4.79 Å². The normalized spacial score (nSPS) is 12.2. The van der Waals surface area contributed by atoms with Gasteiger partial charge in [-0.25, -0.2) is 4.98 Å². The number of benzene rings is 1. The summed E-state index contributed by atoms with van der Waals surface area (Å²) >= 11 is 9.45. The first-order valence-electron chi connectivity index (χ1n) is 6.98. The van der Waals surface area contributed by atoms with Crippen molar-refractivity contribution in [2.45, 2.75) is 19.9 Å². The summed E-state index contributed by atoms with van der Waals surface area (Å²) in [6.07, 6.45) is 5.48. The highest BCUT2D eigenvalue weighted by atomic mass is 79.9. The average molecular weight is 396 g/mol. The summed E-state index contributed by atoms with van der Waals surface area (Å²) < 4.78 is 6.54. The molecule has 1 aromatic heterocycles. The van der Waals surface area contributed by atoms with Crippen LogP contribution in [0.3, 0.4) is 0 Å². The summed E-state index contributed by atoms with van der Waals surface area (Å²) in [6, 6.07) is 8.99. The van der Waals surface area contributed by atoms with Gasteiger partial charge in [0.2, 0.25) is 11.8 Å². The minimum absolute atomic E-state index is 0.0370. The van der Waals surface area contributed by atoms with Gasteiger partial charge in [-0.1, -0.05) is 39.7 Å². The number of halogens is 2. The number of hydrogen-bond donors (Lipinski definition) is 1. The van der Waals surface area contributed by atoms with Crippen molar-refractivity contribution in [2.75, 3.05) is 0 Å². The Morgan fingerprint density at radius 1 is 1.39 bits per heavy atom. The lowest BCUT2D eigenvalue weighted by atomic mass is 10.2. The van der Waals surface area contributed by atoms with Crippen molar-refractivity contribution in [3.63, 3.8) is 0 Å². The fourth-order valence-corrected chi connectivity index (χ4v) is 2.56. The molecule has 0 aliphatic rings. The Morgan fingerprint density at radius 2 is 2.17 bits per heavy atom. The maximum atomic E-state index is 10.9. The van der Waals surface area contributed by atoms with Crippen LogP contribution in [0.25, 0.3) is 6.08 Å². The summed E-state index contributed by atoms with van der Waals surface area (Å²) in [6.45, 7) is 3.39. The zero-order valence-electron chi connectivity index (χ0n) is 12.7. The van der Waals surface area contributed by atoms with Gasteiger partial charge >= 0.3 is 0 Å². The third-order valence-corrected chi connectivity index (χ3v) is 3.66. The van der Waals surface area contributed by atoms with E-state index in [0.29, 0.717) is 16.7 Å². The Hall–Kier alpha value is -1.85. The summed E-state index contributed by atoms with van der Waals surface area (Å²) in [7, 11) is 0. The number of nitrogens with zero attached hydrogens (tertiary/aromatic N) is 1. The molecule has 0 radical (unpaired) electrons. The molecule has 0 saturated carbocycles. The van der Waals surface area contributed by atoms with Crippen molar-refractivity contribution >= 4 is 39.5 Å². The van der Waals surface area contributed by atoms with Gasteiger partial charge in [-0.3, -0.25) is 4.79 Å². The Bertz CT molecular complexity index is 717. The van der Waals surface area contributed by atoms with Gasteiger partial charge in [-0.05, 0) is 36.8 Å². The second kappa shape index (κ2) is 8.13. The van der Waals surface area contributed by atoms with Crippen LogP contribution in [0.2, 0.25) is 5.02 Å². The SMILES string of the molecule is CC(=O)N[C@@H](C)/C=C/c1ccc(Oc2ccc(Br)cc2Cl)nc1. The smallest absolute Gasteiger partial charge is 0.219 e. The number of aromatic nitrogens is 1. The second-order valence-corrected chi connectivity index (χ2v) is 6.28. The molecule has 0 unspecified atom stereocenters. The second-order valence-electron chi connectivity index (χ2n) is 4.95. The van der Waals surface area contributed by atoms with Crippen molar-refractivity contribution < 1.29 is 9.53 Å².